The Morgan fingerprint density at radius 2 is 1.79 bits per heavy atom. The van der Waals surface area contributed by atoms with Gasteiger partial charge in [-0.1, -0.05) is 25.0 Å². The highest BCUT2D eigenvalue weighted by Crippen LogP contribution is 2.66. The third kappa shape index (κ3) is 2.07. The number of hydrogen-bond donors (Lipinski definition) is 0. The fourth-order valence-corrected chi connectivity index (χ4v) is 7.09. The average Bonchev–Trinajstić information content (AvgIpc) is 2.92. The number of hydrogen-bond acceptors (Lipinski definition) is 2. The summed E-state index contributed by atoms with van der Waals surface area (Å²) in [6.45, 7) is 6.88. The van der Waals surface area contributed by atoms with Crippen molar-refractivity contribution in [3.63, 3.8) is 0 Å². The molecule has 0 unspecified atom stereocenters. The van der Waals surface area contributed by atoms with Crippen LogP contribution in [0.3, 0.4) is 0 Å². The van der Waals surface area contributed by atoms with Crippen molar-refractivity contribution in [1.82, 2.24) is 0 Å². The summed E-state index contributed by atoms with van der Waals surface area (Å²) in [5, 5.41) is 0. The SMILES string of the molecule is CC(C=O)=C1CC[C@H]2[C@@H]3CCC4=CC(=O)CC[C@]4(C)[C@H]3CC[C@]12C. The molecule has 4 aliphatic carbocycles. The molecule has 0 bridgehead atoms. The first-order valence-corrected chi connectivity index (χ1v) is 9.79. The molecule has 24 heavy (non-hydrogen) atoms. The van der Waals surface area contributed by atoms with Gasteiger partial charge in [0.1, 0.15) is 6.29 Å². The second-order valence-corrected chi connectivity index (χ2v) is 9.24. The van der Waals surface area contributed by atoms with Gasteiger partial charge in [-0.15, -0.1) is 0 Å². The lowest BCUT2D eigenvalue weighted by atomic mass is 9.47. The first-order valence-electron chi connectivity index (χ1n) is 9.79. The third-order valence-corrected chi connectivity index (χ3v) is 8.40. The van der Waals surface area contributed by atoms with Crippen LogP contribution in [0.1, 0.15) is 72.1 Å². The van der Waals surface area contributed by atoms with Gasteiger partial charge in [0.05, 0.1) is 0 Å². The number of carbonyl (C=O) groups excluding carboxylic acids is 2. The van der Waals surface area contributed by atoms with Crippen LogP contribution in [-0.4, -0.2) is 12.1 Å². The van der Waals surface area contributed by atoms with E-state index in [1.807, 2.05) is 13.0 Å². The minimum absolute atomic E-state index is 0.244. The molecule has 0 aromatic heterocycles. The van der Waals surface area contributed by atoms with Crippen molar-refractivity contribution in [2.24, 2.45) is 28.6 Å². The average molecular weight is 326 g/mol. The van der Waals surface area contributed by atoms with Gasteiger partial charge in [0.25, 0.3) is 0 Å². The molecule has 0 heterocycles. The highest BCUT2D eigenvalue weighted by Gasteiger charge is 2.57. The summed E-state index contributed by atoms with van der Waals surface area (Å²) in [4.78, 5) is 23.3. The smallest absolute Gasteiger partial charge is 0.155 e. The van der Waals surface area contributed by atoms with Crippen LogP contribution in [0.15, 0.2) is 22.8 Å². The number of fused-ring (bicyclic) bond motifs is 5. The quantitative estimate of drug-likeness (QED) is 0.500. The predicted molar refractivity (Wildman–Crippen MR) is 95.5 cm³/mol. The second-order valence-electron chi connectivity index (χ2n) is 9.24. The Morgan fingerprint density at radius 1 is 1.04 bits per heavy atom. The molecule has 4 aliphatic rings. The predicted octanol–water partition coefficient (Wildman–Crippen LogP) is 5.03. The van der Waals surface area contributed by atoms with Crippen LogP contribution in [0.5, 0.6) is 0 Å². The summed E-state index contributed by atoms with van der Waals surface area (Å²) in [5.74, 6) is 2.59. The maximum atomic E-state index is 11.9. The zero-order valence-electron chi connectivity index (χ0n) is 15.4. The molecule has 0 saturated heterocycles. The molecule has 3 fully saturated rings. The van der Waals surface area contributed by atoms with Crippen LogP contribution in [0.4, 0.5) is 0 Å². The van der Waals surface area contributed by atoms with Crippen molar-refractivity contribution < 1.29 is 9.59 Å². The second kappa shape index (κ2) is 5.41. The molecule has 0 radical (unpaired) electrons. The van der Waals surface area contributed by atoms with Gasteiger partial charge in [0.2, 0.25) is 0 Å². The maximum absolute atomic E-state index is 11.9. The summed E-state index contributed by atoms with van der Waals surface area (Å²) < 4.78 is 0. The Kier molecular flexibility index (Phi) is 3.67. The Hall–Kier alpha value is -1.18. The fourth-order valence-electron chi connectivity index (χ4n) is 7.09. The van der Waals surface area contributed by atoms with Crippen molar-refractivity contribution in [1.29, 1.82) is 0 Å². The molecule has 0 spiro atoms. The number of carbonyl (C=O) groups is 2. The van der Waals surface area contributed by atoms with E-state index in [-0.39, 0.29) is 10.8 Å². The van der Waals surface area contributed by atoms with Crippen LogP contribution in [-0.2, 0) is 9.59 Å². The van der Waals surface area contributed by atoms with Gasteiger partial charge in [0.15, 0.2) is 5.78 Å². The monoisotopic (exact) mass is 326 g/mol. The van der Waals surface area contributed by atoms with E-state index in [4.69, 9.17) is 0 Å². The van der Waals surface area contributed by atoms with Crippen LogP contribution in [0, 0.1) is 28.6 Å². The summed E-state index contributed by atoms with van der Waals surface area (Å²) in [6, 6.07) is 0. The van der Waals surface area contributed by atoms with E-state index >= 15 is 0 Å². The van der Waals surface area contributed by atoms with Gasteiger partial charge in [0, 0.05) is 6.42 Å². The van der Waals surface area contributed by atoms with E-state index in [0.717, 1.165) is 55.3 Å². The highest BCUT2D eigenvalue weighted by atomic mass is 16.1. The van der Waals surface area contributed by atoms with E-state index in [1.54, 1.807) is 0 Å². The number of aldehydes is 1. The van der Waals surface area contributed by atoms with Crippen LogP contribution < -0.4 is 0 Å². The van der Waals surface area contributed by atoms with Gasteiger partial charge in [-0.25, -0.2) is 0 Å². The zero-order valence-corrected chi connectivity index (χ0v) is 15.4. The Morgan fingerprint density at radius 3 is 2.54 bits per heavy atom. The molecule has 2 heteroatoms. The van der Waals surface area contributed by atoms with Crippen molar-refractivity contribution in [2.45, 2.75) is 72.1 Å². The fraction of sp³-hybridized carbons (Fsp3) is 0.727. The molecule has 2 nitrogen and oxygen atoms in total. The molecule has 4 rings (SSSR count). The van der Waals surface area contributed by atoms with Gasteiger partial charge in [-0.3, -0.25) is 9.59 Å². The maximum Gasteiger partial charge on any atom is 0.155 e. The number of ketones is 1. The van der Waals surface area contributed by atoms with E-state index in [9.17, 15) is 9.59 Å². The van der Waals surface area contributed by atoms with Gasteiger partial charge < -0.3 is 0 Å². The summed E-state index contributed by atoms with van der Waals surface area (Å²) in [6.07, 6.45) is 12.1. The molecule has 3 saturated carbocycles. The molecule has 0 amide bonds. The molecular weight excluding hydrogens is 296 g/mol. The largest absolute Gasteiger partial charge is 0.298 e. The van der Waals surface area contributed by atoms with Crippen molar-refractivity contribution in [3.05, 3.63) is 22.8 Å². The summed E-state index contributed by atoms with van der Waals surface area (Å²) in [5.41, 5.74) is 4.38. The molecular formula is C22H30O2. The van der Waals surface area contributed by atoms with Gasteiger partial charge in [-0.2, -0.15) is 0 Å². The van der Waals surface area contributed by atoms with Crippen LogP contribution >= 0.6 is 0 Å². The molecule has 0 aromatic carbocycles. The minimum Gasteiger partial charge on any atom is -0.298 e. The standard InChI is InChI=1S/C22H30O2/c1-14(13-23)18-6-7-19-17-5-4-15-12-16(24)8-10-21(15,2)20(17)9-11-22(18,19)3/h12-13,17,19-20H,4-11H2,1-3H3/t17-,19-,20-,21-,22+/m0/s1. The topological polar surface area (TPSA) is 34.1 Å². The molecule has 5 atom stereocenters. The van der Waals surface area contributed by atoms with E-state index in [2.05, 4.69) is 13.8 Å². The lowest BCUT2D eigenvalue weighted by Crippen LogP contribution is -2.49. The van der Waals surface area contributed by atoms with Crippen molar-refractivity contribution >= 4 is 12.1 Å². The van der Waals surface area contributed by atoms with E-state index in [1.165, 1.54) is 36.8 Å². The molecule has 0 aromatic rings. The Labute approximate surface area is 145 Å². The highest BCUT2D eigenvalue weighted by molar-refractivity contribution is 5.91. The lowest BCUT2D eigenvalue weighted by Gasteiger charge is -2.57. The summed E-state index contributed by atoms with van der Waals surface area (Å²) in [7, 11) is 0. The van der Waals surface area contributed by atoms with E-state index in [0.29, 0.717) is 5.78 Å². The van der Waals surface area contributed by atoms with E-state index < -0.39 is 0 Å². The molecule has 130 valence electrons. The number of allylic oxidation sites excluding steroid dienone is 3. The van der Waals surface area contributed by atoms with Crippen molar-refractivity contribution in [3.8, 4) is 0 Å². The lowest BCUT2D eigenvalue weighted by molar-refractivity contribution is -0.117. The normalized spacial score (nSPS) is 46.5. The van der Waals surface area contributed by atoms with Gasteiger partial charge in [-0.05, 0) is 92.1 Å². The zero-order chi connectivity index (χ0) is 17.1. The van der Waals surface area contributed by atoms with Crippen molar-refractivity contribution in [2.75, 3.05) is 0 Å². The Bertz CT molecular complexity index is 655. The van der Waals surface area contributed by atoms with Crippen LogP contribution in [0.2, 0.25) is 0 Å². The minimum atomic E-state index is 0.244. The molecule has 0 N–H and O–H groups in total. The first-order chi connectivity index (χ1) is 11.4. The first kappa shape index (κ1) is 16.3. The Balaban J connectivity index is 1.70. The third-order valence-electron chi connectivity index (χ3n) is 8.40. The van der Waals surface area contributed by atoms with Gasteiger partial charge >= 0.3 is 0 Å². The van der Waals surface area contributed by atoms with Crippen LogP contribution in [0.25, 0.3) is 0 Å². The summed E-state index contributed by atoms with van der Waals surface area (Å²) >= 11 is 0. The number of rotatable bonds is 1. The molecule has 0 aliphatic heterocycles.